The molecular weight excluding hydrogens is 432 g/mol. The van der Waals surface area contributed by atoms with Gasteiger partial charge in [-0.2, -0.15) is 0 Å². The van der Waals surface area contributed by atoms with Crippen LogP contribution in [0.3, 0.4) is 0 Å². The van der Waals surface area contributed by atoms with Gasteiger partial charge in [-0.25, -0.2) is 0 Å². The third kappa shape index (κ3) is 2.31. The van der Waals surface area contributed by atoms with Crippen LogP contribution in [-0.2, 0) is 24.7 Å². The van der Waals surface area contributed by atoms with Crippen LogP contribution >= 0.6 is 0 Å². The number of hydrogen-bond donors (Lipinski definition) is 0. The van der Waals surface area contributed by atoms with Crippen molar-refractivity contribution in [2.45, 2.75) is 38.8 Å². The molecule has 0 nitrogen and oxygen atoms in total. The molecule has 2 aromatic carbocycles. The SMILES string of the molecule is CC1=C2c3ccccc3C1C(=CC=[CH][Zr])C1C(C)=C(c3ccccc31)[Si]2(C)C. The summed E-state index contributed by atoms with van der Waals surface area (Å²) in [6, 6.07) is 18.4. The Morgan fingerprint density at radius 1 is 0.786 bits per heavy atom. The molecule has 5 rings (SSSR count). The summed E-state index contributed by atoms with van der Waals surface area (Å²) in [7, 11) is -1.82. The Morgan fingerprint density at radius 3 is 1.71 bits per heavy atom. The van der Waals surface area contributed by atoms with Crippen molar-refractivity contribution in [1.82, 2.24) is 0 Å². The summed E-state index contributed by atoms with van der Waals surface area (Å²) in [5.74, 6) is 0.829. The van der Waals surface area contributed by atoms with Crippen molar-refractivity contribution < 1.29 is 24.7 Å². The van der Waals surface area contributed by atoms with E-state index in [1.54, 1.807) is 27.1 Å². The molecule has 2 aliphatic carbocycles. The summed E-state index contributed by atoms with van der Waals surface area (Å²) in [6.45, 7) is 9.98. The number of hydrogen-bond acceptors (Lipinski definition) is 0. The van der Waals surface area contributed by atoms with E-state index in [-0.39, 0.29) is 0 Å². The minimum absolute atomic E-state index is 0.414. The van der Waals surface area contributed by atoms with Gasteiger partial charge in [0.25, 0.3) is 0 Å². The standard InChI is InChI=1S/C26H25Si.Zr/c1-6-11-22-23-16(2)25(20-14-9-7-12-18(20)23)27(4,5)26-17(3)24(22)19-13-8-10-15-21(19)26;/h1,6-15,23-24H,2-5H3;. The van der Waals surface area contributed by atoms with E-state index in [0.29, 0.717) is 11.8 Å². The molecule has 0 radical (unpaired) electrons. The molecule has 0 N–H and O–H groups in total. The molecule has 0 spiro atoms. The molecule has 2 unspecified atom stereocenters. The maximum atomic E-state index is 2.58. The van der Waals surface area contributed by atoms with Gasteiger partial charge in [-0.15, -0.1) is 0 Å². The fourth-order valence-corrected chi connectivity index (χ4v) is 10.8. The summed E-state index contributed by atoms with van der Waals surface area (Å²) in [5.41, 5.74) is 10.8. The molecule has 2 atom stereocenters. The number of allylic oxidation sites excluding steroid dienone is 5. The van der Waals surface area contributed by atoms with E-state index < -0.39 is 8.07 Å². The predicted molar refractivity (Wildman–Crippen MR) is 118 cm³/mol. The van der Waals surface area contributed by atoms with Crippen molar-refractivity contribution in [1.29, 1.82) is 0 Å². The molecule has 1 aliphatic heterocycles. The molecule has 0 saturated heterocycles. The van der Waals surface area contributed by atoms with Gasteiger partial charge in [0.05, 0.1) is 0 Å². The van der Waals surface area contributed by atoms with Gasteiger partial charge in [0.15, 0.2) is 0 Å². The van der Waals surface area contributed by atoms with Gasteiger partial charge in [0.2, 0.25) is 0 Å². The van der Waals surface area contributed by atoms with Crippen LogP contribution in [0.4, 0.5) is 0 Å². The fraction of sp³-hybridized carbons (Fsp3) is 0.231. The van der Waals surface area contributed by atoms with E-state index in [1.807, 2.05) is 0 Å². The number of fused-ring (bicyclic) bond motifs is 8. The summed E-state index contributed by atoms with van der Waals surface area (Å²) < 4.78 is 2.25. The van der Waals surface area contributed by atoms with Crippen LogP contribution in [0.1, 0.15) is 47.9 Å². The average molecular weight is 457 g/mol. The number of benzene rings is 2. The van der Waals surface area contributed by atoms with E-state index in [2.05, 4.69) is 91.4 Å². The van der Waals surface area contributed by atoms with Gasteiger partial charge < -0.3 is 0 Å². The van der Waals surface area contributed by atoms with Crippen LogP contribution in [0.15, 0.2) is 81.2 Å². The second-order valence-electron chi connectivity index (χ2n) is 8.81. The molecule has 28 heavy (non-hydrogen) atoms. The molecular formula is C26H25SiZr. The molecule has 2 heteroatoms. The Kier molecular flexibility index (Phi) is 4.30. The Bertz CT molecular complexity index is 1050. The third-order valence-electron chi connectivity index (χ3n) is 7.04. The van der Waals surface area contributed by atoms with Crippen LogP contribution in [-0.4, -0.2) is 8.07 Å². The van der Waals surface area contributed by atoms with Gasteiger partial charge in [-0.1, -0.05) is 0 Å². The van der Waals surface area contributed by atoms with Crippen molar-refractivity contribution in [3.63, 3.8) is 0 Å². The first-order valence-corrected chi connectivity index (χ1v) is 14.5. The normalized spacial score (nSPS) is 24.3. The zero-order valence-electron chi connectivity index (χ0n) is 17.0. The van der Waals surface area contributed by atoms with Crippen LogP contribution in [0.25, 0.3) is 10.4 Å². The fourth-order valence-electron chi connectivity index (χ4n) is 6.29. The molecule has 1 heterocycles. The summed E-state index contributed by atoms with van der Waals surface area (Å²) in [4.78, 5) is 0. The topological polar surface area (TPSA) is 0 Å². The first-order chi connectivity index (χ1) is 13.5. The Balaban J connectivity index is 1.92. The molecule has 0 saturated carbocycles. The second kappa shape index (κ2) is 6.51. The van der Waals surface area contributed by atoms with Crippen molar-refractivity contribution in [3.05, 3.63) is 103 Å². The molecule has 0 aromatic heterocycles. The molecule has 4 bridgehead atoms. The van der Waals surface area contributed by atoms with Crippen molar-refractivity contribution in [3.8, 4) is 0 Å². The van der Waals surface area contributed by atoms with E-state index in [4.69, 9.17) is 0 Å². The van der Waals surface area contributed by atoms with E-state index in [1.165, 1.54) is 47.0 Å². The van der Waals surface area contributed by atoms with Crippen molar-refractivity contribution in [2.24, 2.45) is 0 Å². The van der Waals surface area contributed by atoms with Crippen molar-refractivity contribution >= 4 is 18.5 Å². The monoisotopic (exact) mass is 455 g/mol. The molecule has 137 valence electrons. The summed E-state index contributed by atoms with van der Waals surface area (Å²) >= 11 is 1.46. The Morgan fingerprint density at radius 2 is 1.25 bits per heavy atom. The first kappa shape index (κ1) is 18.5. The van der Waals surface area contributed by atoms with Crippen LogP contribution < -0.4 is 0 Å². The first-order valence-electron chi connectivity index (χ1n) is 10.1. The summed E-state index contributed by atoms with van der Waals surface area (Å²) in [5, 5.41) is 3.35. The van der Waals surface area contributed by atoms with Crippen LogP contribution in [0, 0.1) is 0 Å². The van der Waals surface area contributed by atoms with Crippen molar-refractivity contribution in [2.75, 3.05) is 0 Å². The van der Waals surface area contributed by atoms with Crippen LogP contribution in [0.2, 0.25) is 13.1 Å². The second-order valence-corrected chi connectivity index (χ2v) is 13.9. The Hall–Kier alpha value is -1.50. The van der Waals surface area contributed by atoms with E-state index in [0.717, 1.165) is 0 Å². The third-order valence-corrected chi connectivity index (χ3v) is 11.3. The molecule has 3 aliphatic rings. The molecule has 0 fully saturated rings. The van der Waals surface area contributed by atoms with Gasteiger partial charge >= 0.3 is 185 Å². The number of rotatable bonds is 1. The van der Waals surface area contributed by atoms with Gasteiger partial charge in [0, 0.05) is 0 Å². The van der Waals surface area contributed by atoms with Crippen LogP contribution in [0.5, 0.6) is 0 Å². The maximum absolute atomic E-state index is 2.58. The average Bonchev–Trinajstić information content (AvgIpc) is 3.15. The van der Waals surface area contributed by atoms with E-state index in [9.17, 15) is 0 Å². The zero-order valence-corrected chi connectivity index (χ0v) is 20.5. The predicted octanol–water partition coefficient (Wildman–Crippen LogP) is 6.92. The van der Waals surface area contributed by atoms with Gasteiger partial charge in [-0.3, -0.25) is 0 Å². The van der Waals surface area contributed by atoms with E-state index >= 15 is 0 Å². The Labute approximate surface area is 184 Å². The van der Waals surface area contributed by atoms with Gasteiger partial charge in [-0.05, 0) is 0 Å². The summed E-state index contributed by atoms with van der Waals surface area (Å²) in [6.07, 6.45) is 4.70. The molecule has 0 amide bonds. The quantitative estimate of drug-likeness (QED) is 0.409. The van der Waals surface area contributed by atoms with Gasteiger partial charge in [0.1, 0.15) is 0 Å². The zero-order chi connectivity index (χ0) is 19.6. The molecule has 2 aromatic rings. The minimum atomic E-state index is -1.82.